The molecule has 0 saturated heterocycles. The van der Waals surface area contributed by atoms with Gasteiger partial charge in [-0.25, -0.2) is 13.1 Å². The molecule has 0 aromatic heterocycles. The van der Waals surface area contributed by atoms with Crippen LogP contribution in [-0.4, -0.2) is 35.8 Å². The maximum atomic E-state index is 12.5. The monoisotopic (exact) mass is 365 g/mol. The summed E-state index contributed by atoms with van der Waals surface area (Å²) in [4.78, 5) is 0.0286. The molecule has 0 radical (unpaired) electrons. The van der Waals surface area contributed by atoms with Gasteiger partial charge < -0.3 is 14.2 Å². The minimum absolute atomic E-state index is 0.0286. The Balaban J connectivity index is 2.02. The van der Waals surface area contributed by atoms with Crippen molar-refractivity contribution in [2.75, 3.05) is 27.4 Å². The molecule has 2 aromatic carbocycles. The molecule has 2 rings (SSSR count). The second kappa shape index (κ2) is 8.22. The highest BCUT2D eigenvalue weighted by molar-refractivity contribution is 7.89. The van der Waals surface area contributed by atoms with Gasteiger partial charge in [0, 0.05) is 12.6 Å². The summed E-state index contributed by atoms with van der Waals surface area (Å²) in [6.07, 6.45) is 0. The van der Waals surface area contributed by atoms with E-state index in [4.69, 9.17) is 14.2 Å². The lowest BCUT2D eigenvalue weighted by atomic mass is 10.1. The first-order chi connectivity index (χ1) is 11.9. The zero-order chi connectivity index (χ0) is 18.4. The van der Waals surface area contributed by atoms with E-state index in [0.29, 0.717) is 5.75 Å². The Morgan fingerprint density at radius 2 is 1.68 bits per heavy atom. The van der Waals surface area contributed by atoms with Crippen LogP contribution < -0.4 is 18.9 Å². The van der Waals surface area contributed by atoms with Crippen molar-refractivity contribution in [2.45, 2.75) is 18.7 Å². The molecule has 0 aliphatic rings. The van der Waals surface area contributed by atoms with Gasteiger partial charge in [0.2, 0.25) is 10.0 Å². The molecule has 0 unspecified atom stereocenters. The zero-order valence-corrected chi connectivity index (χ0v) is 15.6. The van der Waals surface area contributed by atoms with E-state index in [9.17, 15) is 8.42 Å². The van der Waals surface area contributed by atoms with Gasteiger partial charge in [-0.1, -0.05) is 17.7 Å². The van der Waals surface area contributed by atoms with Gasteiger partial charge in [-0.2, -0.15) is 0 Å². The lowest BCUT2D eigenvalue weighted by Gasteiger charge is -2.13. The second-order valence-electron chi connectivity index (χ2n) is 5.53. The predicted octanol–water partition coefficient (Wildman–Crippen LogP) is 2.68. The topological polar surface area (TPSA) is 73.9 Å². The van der Waals surface area contributed by atoms with Crippen LogP contribution in [0.15, 0.2) is 41.3 Å². The highest BCUT2D eigenvalue weighted by atomic mass is 32.2. The molecule has 0 saturated carbocycles. The molecule has 0 fully saturated rings. The van der Waals surface area contributed by atoms with Gasteiger partial charge in [-0.3, -0.25) is 0 Å². The molecule has 136 valence electrons. The van der Waals surface area contributed by atoms with Gasteiger partial charge in [-0.05, 0) is 37.6 Å². The van der Waals surface area contributed by atoms with Crippen molar-refractivity contribution < 1.29 is 22.6 Å². The Kier molecular flexibility index (Phi) is 6.27. The summed E-state index contributed by atoms with van der Waals surface area (Å²) < 4.78 is 43.4. The summed E-state index contributed by atoms with van der Waals surface area (Å²) in [6, 6.07) is 10.5. The van der Waals surface area contributed by atoms with Crippen molar-refractivity contribution in [2.24, 2.45) is 0 Å². The van der Waals surface area contributed by atoms with Crippen molar-refractivity contribution in [1.82, 2.24) is 4.72 Å². The van der Waals surface area contributed by atoms with E-state index in [2.05, 4.69) is 4.72 Å². The third-order valence-electron chi connectivity index (χ3n) is 3.64. The summed E-state index contributed by atoms with van der Waals surface area (Å²) in [6.45, 7) is 4.31. The Morgan fingerprint density at radius 1 is 0.960 bits per heavy atom. The Bertz CT molecular complexity index is 833. The molecule has 0 atom stereocenters. The van der Waals surface area contributed by atoms with Crippen LogP contribution in [0.2, 0.25) is 0 Å². The largest absolute Gasteiger partial charge is 0.497 e. The van der Waals surface area contributed by atoms with Crippen molar-refractivity contribution in [3.63, 3.8) is 0 Å². The highest BCUT2D eigenvalue weighted by Crippen LogP contribution is 2.27. The van der Waals surface area contributed by atoms with Crippen LogP contribution >= 0.6 is 0 Å². The maximum absolute atomic E-state index is 12.5. The van der Waals surface area contributed by atoms with E-state index < -0.39 is 10.0 Å². The number of ether oxygens (including phenoxy) is 3. The number of methoxy groups -OCH3 is 2. The first-order valence-electron chi connectivity index (χ1n) is 7.79. The molecule has 1 N–H and O–H groups in total. The molecule has 0 spiro atoms. The van der Waals surface area contributed by atoms with Gasteiger partial charge in [-0.15, -0.1) is 0 Å². The van der Waals surface area contributed by atoms with Crippen LogP contribution in [0.1, 0.15) is 11.1 Å². The van der Waals surface area contributed by atoms with Crippen LogP contribution in [0.3, 0.4) is 0 Å². The number of aryl methyl sites for hydroxylation is 2. The minimum Gasteiger partial charge on any atom is -0.497 e. The Morgan fingerprint density at radius 3 is 2.32 bits per heavy atom. The number of nitrogens with one attached hydrogen (secondary N) is 1. The maximum Gasteiger partial charge on any atom is 0.244 e. The fraction of sp³-hybridized carbons (Fsp3) is 0.333. The molecule has 2 aromatic rings. The summed E-state index contributed by atoms with van der Waals surface area (Å²) in [5.74, 6) is 1.43. The molecular formula is C18H23NO5S. The van der Waals surface area contributed by atoms with Gasteiger partial charge in [0.05, 0.1) is 14.2 Å². The fourth-order valence-electron chi connectivity index (χ4n) is 2.37. The minimum atomic E-state index is -3.74. The lowest BCUT2D eigenvalue weighted by molar-refractivity contribution is 0.320. The number of hydrogen-bond donors (Lipinski definition) is 1. The normalized spacial score (nSPS) is 11.2. The SMILES string of the molecule is COc1ccc(OC)c(S(=O)(=O)NCCOc2ccc(C)cc2C)c1. The van der Waals surface area contributed by atoms with Crippen LogP contribution in [0.5, 0.6) is 17.2 Å². The standard InChI is InChI=1S/C18H23NO5S/c1-13-5-7-16(14(2)11-13)24-10-9-19-25(20,21)18-12-15(22-3)6-8-17(18)23-4/h5-8,11-12,19H,9-10H2,1-4H3. The molecule has 25 heavy (non-hydrogen) atoms. The lowest BCUT2D eigenvalue weighted by Crippen LogP contribution is -2.28. The van der Waals surface area contributed by atoms with Crippen molar-refractivity contribution in [1.29, 1.82) is 0 Å². The summed E-state index contributed by atoms with van der Waals surface area (Å²) in [7, 11) is -0.846. The first kappa shape index (κ1) is 19.1. The van der Waals surface area contributed by atoms with Gasteiger partial charge in [0.25, 0.3) is 0 Å². The van der Waals surface area contributed by atoms with Crippen molar-refractivity contribution in [3.8, 4) is 17.2 Å². The second-order valence-corrected chi connectivity index (χ2v) is 7.27. The number of rotatable bonds is 8. The molecule has 0 amide bonds. The smallest absolute Gasteiger partial charge is 0.244 e. The molecule has 6 nitrogen and oxygen atoms in total. The fourth-order valence-corrected chi connectivity index (χ4v) is 3.57. The highest BCUT2D eigenvalue weighted by Gasteiger charge is 2.20. The van der Waals surface area contributed by atoms with Crippen LogP contribution in [-0.2, 0) is 10.0 Å². The third kappa shape index (κ3) is 4.87. The van der Waals surface area contributed by atoms with Crippen LogP contribution in [0.25, 0.3) is 0 Å². The number of sulfonamides is 1. The molecular weight excluding hydrogens is 342 g/mol. The average molecular weight is 365 g/mol. The van der Waals surface area contributed by atoms with Crippen LogP contribution in [0, 0.1) is 13.8 Å². The Hall–Kier alpha value is -2.25. The summed E-state index contributed by atoms with van der Waals surface area (Å²) in [5.41, 5.74) is 2.16. The molecule has 0 aliphatic heterocycles. The Labute approximate surface area is 148 Å². The van der Waals surface area contributed by atoms with Crippen molar-refractivity contribution >= 4 is 10.0 Å². The van der Waals surface area contributed by atoms with E-state index in [1.165, 1.54) is 20.3 Å². The van der Waals surface area contributed by atoms with Gasteiger partial charge >= 0.3 is 0 Å². The van der Waals surface area contributed by atoms with Gasteiger partial charge in [0.15, 0.2) is 0 Å². The molecule has 7 heteroatoms. The van der Waals surface area contributed by atoms with Crippen molar-refractivity contribution in [3.05, 3.63) is 47.5 Å². The molecule has 0 bridgehead atoms. The molecule has 0 heterocycles. The van der Waals surface area contributed by atoms with E-state index in [1.807, 2.05) is 32.0 Å². The van der Waals surface area contributed by atoms with Crippen LogP contribution in [0.4, 0.5) is 0 Å². The van der Waals surface area contributed by atoms with E-state index in [-0.39, 0.29) is 23.8 Å². The van der Waals surface area contributed by atoms with E-state index in [0.717, 1.165) is 16.9 Å². The quantitative estimate of drug-likeness (QED) is 0.728. The predicted molar refractivity (Wildman–Crippen MR) is 96.1 cm³/mol. The zero-order valence-electron chi connectivity index (χ0n) is 14.8. The third-order valence-corrected chi connectivity index (χ3v) is 5.12. The number of hydrogen-bond acceptors (Lipinski definition) is 5. The number of benzene rings is 2. The first-order valence-corrected chi connectivity index (χ1v) is 9.27. The van der Waals surface area contributed by atoms with E-state index >= 15 is 0 Å². The average Bonchev–Trinajstić information content (AvgIpc) is 2.59. The molecule has 0 aliphatic carbocycles. The van der Waals surface area contributed by atoms with Gasteiger partial charge in [0.1, 0.15) is 28.8 Å². The summed E-state index contributed by atoms with van der Waals surface area (Å²) >= 11 is 0. The summed E-state index contributed by atoms with van der Waals surface area (Å²) in [5, 5.41) is 0. The van der Waals surface area contributed by atoms with E-state index in [1.54, 1.807) is 12.1 Å².